The minimum atomic E-state index is -3.38. The van der Waals surface area contributed by atoms with Crippen LogP contribution in [0.5, 0.6) is 11.5 Å². The number of para-hydroxylation sites is 1. The molecular weight excluding hydrogens is 340 g/mol. The predicted molar refractivity (Wildman–Crippen MR) is 96.2 cm³/mol. The summed E-state index contributed by atoms with van der Waals surface area (Å²) in [4.78, 5) is 12.1. The summed E-state index contributed by atoms with van der Waals surface area (Å²) in [5.41, 5.74) is 0.592. The monoisotopic (exact) mass is 360 g/mol. The molecular formula is C18H20N2O4S. The molecule has 1 aliphatic rings. The SMILES string of the molecule is CS(=O)(=O)N(CC(=O)Nc1ccc(Oc2ccccc2)cc1)C1CC1. The summed E-state index contributed by atoms with van der Waals surface area (Å²) in [5, 5.41) is 2.72. The molecule has 1 amide bonds. The summed E-state index contributed by atoms with van der Waals surface area (Å²) in [6.45, 7) is -0.161. The Morgan fingerprint density at radius 2 is 1.68 bits per heavy atom. The molecule has 0 unspecified atom stereocenters. The Morgan fingerprint density at radius 3 is 2.24 bits per heavy atom. The predicted octanol–water partition coefficient (Wildman–Crippen LogP) is 2.84. The van der Waals surface area contributed by atoms with Crippen LogP contribution in [0.25, 0.3) is 0 Å². The van der Waals surface area contributed by atoms with Crippen LogP contribution in [-0.4, -0.2) is 37.5 Å². The summed E-state index contributed by atoms with van der Waals surface area (Å²) in [7, 11) is -3.38. The lowest BCUT2D eigenvalue weighted by atomic mass is 10.3. The maximum atomic E-state index is 12.1. The van der Waals surface area contributed by atoms with Crippen LogP contribution in [0.4, 0.5) is 5.69 Å². The van der Waals surface area contributed by atoms with Gasteiger partial charge >= 0.3 is 0 Å². The van der Waals surface area contributed by atoms with Gasteiger partial charge in [-0.15, -0.1) is 0 Å². The first-order valence-electron chi connectivity index (χ1n) is 8.01. The van der Waals surface area contributed by atoms with Crippen molar-refractivity contribution < 1.29 is 17.9 Å². The molecule has 1 aliphatic carbocycles. The minimum absolute atomic E-state index is 0.0394. The molecule has 1 N–H and O–H groups in total. The van der Waals surface area contributed by atoms with Crippen molar-refractivity contribution in [3.05, 3.63) is 54.6 Å². The van der Waals surface area contributed by atoms with Crippen LogP contribution in [0.1, 0.15) is 12.8 Å². The zero-order chi connectivity index (χ0) is 17.9. The van der Waals surface area contributed by atoms with E-state index in [4.69, 9.17) is 4.74 Å². The molecule has 132 valence electrons. The van der Waals surface area contributed by atoms with Crippen molar-refractivity contribution in [2.24, 2.45) is 0 Å². The molecule has 0 bridgehead atoms. The van der Waals surface area contributed by atoms with Crippen LogP contribution in [0, 0.1) is 0 Å². The highest BCUT2D eigenvalue weighted by atomic mass is 32.2. The summed E-state index contributed by atoms with van der Waals surface area (Å²) >= 11 is 0. The molecule has 3 rings (SSSR count). The number of nitrogens with zero attached hydrogens (tertiary/aromatic N) is 1. The van der Waals surface area contributed by atoms with E-state index in [-0.39, 0.29) is 18.5 Å². The topological polar surface area (TPSA) is 75.7 Å². The lowest BCUT2D eigenvalue weighted by molar-refractivity contribution is -0.116. The molecule has 2 aromatic rings. The number of carbonyl (C=O) groups excluding carboxylic acids is 1. The molecule has 0 aromatic heterocycles. The van der Waals surface area contributed by atoms with Gasteiger partial charge in [0.05, 0.1) is 12.8 Å². The molecule has 0 heterocycles. The van der Waals surface area contributed by atoms with Crippen LogP contribution in [0.15, 0.2) is 54.6 Å². The van der Waals surface area contributed by atoms with E-state index in [2.05, 4.69) is 5.32 Å². The normalized spacial score (nSPS) is 14.3. The van der Waals surface area contributed by atoms with E-state index in [0.29, 0.717) is 11.4 Å². The Labute approximate surface area is 147 Å². The molecule has 0 atom stereocenters. The van der Waals surface area contributed by atoms with Gasteiger partial charge in [0.2, 0.25) is 15.9 Å². The molecule has 1 fully saturated rings. The number of benzene rings is 2. The first-order chi connectivity index (χ1) is 11.9. The Morgan fingerprint density at radius 1 is 1.08 bits per heavy atom. The molecule has 0 spiro atoms. The van der Waals surface area contributed by atoms with Gasteiger partial charge < -0.3 is 10.1 Å². The number of carbonyl (C=O) groups is 1. The third kappa shape index (κ3) is 5.04. The number of nitrogens with one attached hydrogen (secondary N) is 1. The molecule has 2 aromatic carbocycles. The summed E-state index contributed by atoms with van der Waals surface area (Å²) in [6, 6.07) is 16.3. The van der Waals surface area contributed by atoms with Gasteiger partial charge in [-0.2, -0.15) is 4.31 Å². The van der Waals surface area contributed by atoms with Crippen molar-refractivity contribution in [1.29, 1.82) is 0 Å². The number of amides is 1. The van der Waals surface area contributed by atoms with Gasteiger partial charge in [0, 0.05) is 11.7 Å². The van der Waals surface area contributed by atoms with Crippen LogP contribution in [-0.2, 0) is 14.8 Å². The van der Waals surface area contributed by atoms with Crippen molar-refractivity contribution in [3.63, 3.8) is 0 Å². The molecule has 7 heteroatoms. The van der Waals surface area contributed by atoms with E-state index in [9.17, 15) is 13.2 Å². The fraction of sp³-hybridized carbons (Fsp3) is 0.278. The second-order valence-electron chi connectivity index (χ2n) is 6.03. The molecule has 0 saturated heterocycles. The molecule has 6 nitrogen and oxygen atoms in total. The highest BCUT2D eigenvalue weighted by Crippen LogP contribution is 2.28. The summed E-state index contributed by atoms with van der Waals surface area (Å²) in [6.07, 6.45) is 2.76. The van der Waals surface area contributed by atoms with Gasteiger partial charge in [0.1, 0.15) is 11.5 Å². The van der Waals surface area contributed by atoms with E-state index in [0.717, 1.165) is 24.8 Å². The van der Waals surface area contributed by atoms with E-state index in [1.165, 1.54) is 4.31 Å². The largest absolute Gasteiger partial charge is 0.457 e. The number of hydrogen-bond acceptors (Lipinski definition) is 4. The number of hydrogen-bond donors (Lipinski definition) is 1. The smallest absolute Gasteiger partial charge is 0.239 e. The third-order valence-electron chi connectivity index (χ3n) is 3.80. The lowest BCUT2D eigenvalue weighted by Crippen LogP contribution is -2.38. The quantitative estimate of drug-likeness (QED) is 0.824. The second-order valence-corrected chi connectivity index (χ2v) is 7.96. The molecule has 0 aliphatic heterocycles. The lowest BCUT2D eigenvalue weighted by Gasteiger charge is -2.18. The van der Waals surface area contributed by atoms with Gasteiger partial charge in [0.15, 0.2) is 0 Å². The second kappa shape index (κ2) is 7.25. The fourth-order valence-electron chi connectivity index (χ4n) is 2.45. The molecule has 1 saturated carbocycles. The van der Waals surface area contributed by atoms with Gasteiger partial charge in [-0.25, -0.2) is 8.42 Å². The Hall–Kier alpha value is -2.38. The molecule has 25 heavy (non-hydrogen) atoms. The van der Waals surface area contributed by atoms with Crippen molar-refractivity contribution in [1.82, 2.24) is 4.31 Å². The highest BCUT2D eigenvalue weighted by molar-refractivity contribution is 7.88. The average Bonchev–Trinajstić information content (AvgIpc) is 3.39. The number of sulfonamides is 1. The van der Waals surface area contributed by atoms with Gasteiger partial charge in [-0.3, -0.25) is 4.79 Å². The number of rotatable bonds is 7. The first-order valence-corrected chi connectivity index (χ1v) is 9.86. The van der Waals surface area contributed by atoms with Crippen LogP contribution < -0.4 is 10.1 Å². The minimum Gasteiger partial charge on any atom is -0.457 e. The van der Waals surface area contributed by atoms with E-state index < -0.39 is 10.0 Å². The van der Waals surface area contributed by atoms with Crippen molar-refractivity contribution in [2.75, 3.05) is 18.1 Å². The standard InChI is InChI=1S/C18H20N2O4S/c1-25(22,23)20(15-9-10-15)13-18(21)19-14-7-11-17(12-8-14)24-16-5-3-2-4-6-16/h2-8,11-12,15H,9-10,13H2,1H3,(H,19,21). The van der Waals surface area contributed by atoms with Crippen LogP contribution >= 0.6 is 0 Å². The summed E-state index contributed by atoms with van der Waals surface area (Å²) < 4.78 is 30.4. The maximum absolute atomic E-state index is 12.1. The van der Waals surface area contributed by atoms with E-state index in [1.54, 1.807) is 24.3 Å². The van der Waals surface area contributed by atoms with Gasteiger partial charge in [0.25, 0.3) is 0 Å². The van der Waals surface area contributed by atoms with Crippen molar-refractivity contribution >= 4 is 21.6 Å². The first kappa shape index (κ1) is 17.4. The highest BCUT2D eigenvalue weighted by Gasteiger charge is 2.36. The van der Waals surface area contributed by atoms with Crippen LogP contribution in [0.2, 0.25) is 0 Å². The van der Waals surface area contributed by atoms with Crippen molar-refractivity contribution in [2.45, 2.75) is 18.9 Å². The molecule has 0 radical (unpaired) electrons. The van der Waals surface area contributed by atoms with Gasteiger partial charge in [-0.1, -0.05) is 18.2 Å². The van der Waals surface area contributed by atoms with Gasteiger partial charge in [-0.05, 0) is 49.2 Å². The zero-order valence-electron chi connectivity index (χ0n) is 13.9. The Kier molecular flexibility index (Phi) is 5.06. The summed E-state index contributed by atoms with van der Waals surface area (Å²) in [5.74, 6) is 1.03. The average molecular weight is 360 g/mol. The number of ether oxygens (including phenoxy) is 1. The van der Waals surface area contributed by atoms with Crippen LogP contribution in [0.3, 0.4) is 0 Å². The maximum Gasteiger partial charge on any atom is 0.239 e. The zero-order valence-corrected chi connectivity index (χ0v) is 14.7. The Bertz CT molecular complexity index is 831. The van der Waals surface area contributed by atoms with Crippen molar-refractivity contribution in [3.8, 4) is 11.5 Å². The Balaban J connectivity index is 1.58. The fourth-order valence-corrected chi connectivity index (χ4v) is 3.56. The third-order valence-corrected chi connectivity index (χ3v) is 5.08. The number of anilines is 1. The van der Waals surface area contributed by atoms with E-state index in [1.807, 2.05) is 30.3 Å². The van der Waals surface area contributed by atoms with E-state index >= 15 is 0 Å².